The molecular weight excluding hydrogens is 328 g/mol. The lowest BCUT2D eigenvalue weighted by Gasteiger charge is -2.13. The van der Waals surface area contributed by atoms with Gasteiger partial charge in [0.25, 0.3) is 0 Å². The molecule has 0 atom stereocenters. The Hall–Kier alpha value is -3.27. The van der Waals surface area contributed by atoms with Gasteiger partial charge >= 0.3 is 5.97 Å². The molecule has 26 heavy (non-hydrogen) atoms. The summed E-state index contributed by atoms with van der Waals surface area (Å²) in [6.07, 6.45) is 2.62. The highest BCUT2D eigenvalue weighted by molar-refractivity contribution is 5.85. The molecule has 0 spiro atoms. The van der Waals surface area contributed by atoms with Gasteiger partial charge in [0.15, 0.2) is 11.5 Å². The number of carbonyl (C=O) groups is 1. The quantitative estimate of drug-likeness (QED) is 0.616. The van der Waals surface area contributed by atoms with Crippen LogP contribution in [0.2, 0.25) is 0 Å². The van der Waals surface area contributed by atoms with Crippen LogP contribution in [0, 0.1) is 0 Å². The first-order valence-corrected chi connectivity index (χ1v) is 8.44. The molecule has 1 N–H and O–H groups in total. The number of benzene rings is 3. The van der Waals surface area contributed by atoms with Crippen molar-refractivity contribution in [2.75, 3.05) is 6.61 Å². The van der Waals surface area contributed by atoms with Gasteiger partial charge in [0.1, 0.15) is 6.61 Å². The second-order valence-electron chi connectivity index (χ2n) is 5.78. The molecule has 3 aromatic carbocycles. The van der Waals surface area contributed by atoms with Gasteiger partial charge in [0, 0.05) is 6.08 Å². The normalized spacial score (nSPS) is 11.0. The number of rotatable bonds is 7. The number of carboxylic acids is 1. The smallest absolute Gasteiger partial charge is 0.328 e. The zero-order valence-electron chi connectivity index (χ0n) is 14.5. The SMILES string of the molecule is CCOc1cc(/C=C/C(=O)O)ccc1OCc1ccc2ccccc2c1. The van der Waals surface area contributed by atoms with E-state index in [1.807, 2.05) is 25.1 Å². The number of fused-ring (bicyclic) bond motifs is 1. The molecule has 0 saturated heterocycles. The number of ether oxygens (including phenoxy) is 2. The molecular formula is C22H20O4. The van der Waals surface area contributed by atoms with E-state index in [9.17, 15) is 4.79 Å². The van der Waals surface area contributed by atoms with Gasteiger partial charge in [0.2, 0.25) is 0 Å². The van der Waals surface area contributed by atoms with Crippen molar-refractivity contribution in [3.05, 3.63) is 77.9 Å². The average molecular weight is 348 g/mol. The van der Waals surface area contributed by atoms with E-state index in [1.54, 1.807) is 18.2 Å². The van der Waals surface area contributed by atoms with Crippen molar-refractivity contribution in [1.82, 2.24) is 0 Å². The molecule has 132 valence electrons. The predicted octanol–water partition coefficient (Wildman–Crippen LogP) is 4.92. The second kappa shape index (κ2) is 8.21. The number of aliphatic carboxylic acids is 1. The molecule has 3 aromatic rings. The topological polar surface area (TPSA) is 55.8 Å². The van der Waals surface area contributed by atoms with Crippen LogP contribution in [0.25, 0.3) is 16.8 Å². The Morgan fingerprint density at radius 2 is 1.77 bits per heavy atom. The number of carboxylic acid groups (broad SMARTS) is 1. The lowest BCUT2D eigenvalue weighted by Crippen LogP contribution is -2.00. The zero-order valence-corrected chi connectivity index (χ0v) is 14.5. The van der Waals surface area contributed by atoms with E-state index in [1.165, 1.54) is 16.8 Å². The third-order valence-corrected chi connectivity index (χ3v) is 3.89. The largest absolute Gasteiger partial charge is 0.490 e. The summed E-state index contributed by atoms with van der Waals surface area (Å²) in [6, 6.07) is 19.8. The van der Waals surface area contributed by atoms with Gasteiger partial charge in [-0.3, -0.25) is 0 Å². The van der Waals surface area contributed by atoms with Crippen LogP contribution >= 0.6 is 0 Å². The van der Waals surface area contributed by atoms with Crippen LogP contribution in [-0.2, 0) is 11.4 Å². The van der Waals surface area contributed by atoms with Crippen LogP contribution < -0.4 is 9.47 Å². The van der Waals surface area contributed by atoms with Gasteiger partial charge in [-0.15, -0.1) is 0 Å². The molecule has 0 aliphatic rings. The minimum Gasteiger partial charge on any atom is -0.490 e. The van der Waals surface area contributed by atoms with Gasteiger partial charge in [-0.05, 0) is 53.1 Å². The maximum atomic E-state index is 10.7. The van der Waals surface area contributed by atoms with E-state index in [0.717, 1.165) is 17.2 Å². The standard InChI is InChI=1S/C22H20O4/c1-2-25-21-14-16(9-12-22(23)24)8-11-20(21)26-15-17-7-10-18-5-3-4-6-19(18)13-17/h3-14H,2,15H2,1H3,(H,23,24)/b12-9+. The fourth-order valence-electron chi connectivity index (χ4n) is 2.67. The summed E-state index contributed by atoms with van der Waals surface area (Å²) < 4.78 is 11.6. The summed E-state index contributed by atoms with van der Waals surface area (Å²) in [5, 5.41) is 11.1. The van der Waals surface area contributed by atoms with Crippen molar-refractivity contribution in [3.63, 3.8) is 0 Å². The minimum absolute atomic E-state index is 0.426. The molecule has 0 fully saturated rings. The molecule has 0 aliphatic heterocycles. The van der Waals surface area contributed by atoms with Crippen LogP contribution in [0.4, 0.5) is 0 Å². The third-order valence-electron chi connectivity index (χ3n) is 3.89. The molecule has 0 aromatic heterocycles. The van der Waals surface area contributed by atoms with Crippen LogP contribution in [-0.4, -0.2) is 17.7 Å². The van der Waals surface area contributed by atoms with E-state index in [-0.39, 0.29) is 0 Å². The van der Waals surface area contributed by atoms with Gasteiger partial charge in [-0.25, -0.2) is 4.79 Å². The highest BCUT2D eigenvalue weighted by Gasteiger charge is 2.07. The van der Waals surface area contributed by atoms with E-state index in [2.05, 4.69) is 24.3 Å². The second-order valence-corrected chi connectivity index (χ2v) is 5.78. The van der Waals surface area contributed by atoms with Crippen molar-refractivity contribution in [3.8, 4) is 11.5 Å². The Morgan fingerprint density at radius 1 is 0.962 bits per heavy atom. The molecule has 0 bridgehead atoms. The van der Waals surface area contributed by atoms with E-state index >= 15 is 0 Å². The summed E-state index contributed by atoms with van der Waals surface area (Å²) in [5.74, 6) is 0.243. The fourth-order valence-corrected chi connectivity index (χ4v) is 2.67. The van der Waals surface area contributed by atoms with Crippen molar-refractivity contribution in [2.24, 2.45) is 0 Å². The first-order chi connectivity index (χ1) is 12.7. The minimum atomic E-state index is -0.986. The molecule has 0 unspecified atom stereocenters. The van der Waals surface area contributed by atoms with E-state index in [0.29, 0.717) is 24.7 Å². The van der Waals surface area contributed by atoms with Gasteiger partial charge in [-0.2, -0.15) is 0 Å². The summed E-state index contributed by atoms with van der Waals surface area (Å²) in [4.78, 5) is 10.7. The molecule has 0 aliphatic carbocycles. The molecule has 0 heterocycles. The molecule has 4 nitrogen and oxygen atoms in total. The zero-order chi connectivity index (χ0) is 18.4. The number of hydrogen-bond donors (Lipinski definition) is 1. The molecule has 0 saturated carbocycles. The summed E-state index contributed by atoms with van der Waals surface area (Å²) in [7, 11) is 0. The summed E-state index contributed by atoms with van der Waals surface area (Å²) in [5.41, 5.74) is 1.81. The van der Waals surface area contributed by atoms with Crippen molar-refractivity contribution in [2.45, 2.75) is 13.5 Å². The third kappa shape index (κ3) is 4.42. The molecule has 3 rings (SSSR count). The van der Waals surface area contributed by atoms with Crippen molar-refractivity contribution in [1.29, 1.82) is 0 Å². The Balaban J connectivity index is 1.77. The summed E-state index contributed by atoms with van der Waals surface area (Å²) in [6.45, 7) is 2.82. The maximum absolute atomic E-state index is 10.7. The Kier molecular flexibility index (Phi) is 5.54. The van der Waals surface area contributed by atoms with Crippen LogP contribution in [0.3, 0.4) is 0 Å². The van der Waals surface area contributed by atoms with Crippen LogP contribution in [0.5, 0.6) is 11.5 Å². The molecule has 4 heteroatoms. The molecule has 0 amide bonds. The van der Waals surface area contributed by atoms with E-state index in [4.69, 9.17) is 14.6 Å². The summed E-state index contributed by atoms with van der Waals surface area (Å²) >= 11 is 0. The Labute approximate surface area is 152 Å². The van der Waals surface area contributed by atoms with Gasteiger partial charge in [0.05, 0.1) is 6.61 Å². The Bertz CT molecular complexity index is 944. The van der Waals surface area contributed by atoms with Crippen LogP contribution in [0.1, 0.15) is 18.1 Å². The van der Waals surface area contributed by atoms with Crippen molar-refractivity contribution < 1.29 is 19.4 Å². The van der Waals surface area contributed by atoms with Gasteiger partial charge < -0.3 is 14.6 Å². The van der Waals surface area contributed by atoms with E-state index < -0.39 is 5.97 Å². The monoisotopic (exact) mass is 348 g/mol. The average Bonchev–Trinajstić information content (AvgIpc) is 2.65. The maximum Gasteiger partial charge on any atom is 0.328 e. The Morgan fingerprint density at radius 3 is 2.54 bits per heavy atom. The predicted molar refractivity (Wildman–Crippen MR) is 103 cm³/mol. The van der Waals surface area contributed by atoms with Gasteiger partial charge in [-0.1, -0.05) is 42.5 Å². The first kappa shape index (κ1) is 17.5. The lowest BCUT2D eigenvalue weighted by atomic mass is 10.1. The highest BCUT2D eigenvalue weighted by Crippen LogP contribution is 2.30. The van der Waals surface area contributed by atoms with Crippen molar-refractivity contribution >= 4 is 22.8 Å². The highest BCUT2D eigenvalue weighted by atomic mass is 16.5. The lowest BCUT2D eigenvalue weighted by molar-refractivity contribution is -0.131. The molecule has 0 radical (unpaired) electrons. The first-order valence-electron chi connectivity index (χ1n) is 8.44. The number of hydrogen-bond acceptors (Lipinski definition) is 3. The fraction of sp³-hybridized carbons (Fsp3) is 0.136. The van der Waals surface area contributed by atoms with Crippen LogP contribution in [0.15, 0.2) is 66.7 Å².